The van der Waals surface area contributed by atoms with Gasteiger partial charge in [0.2, 0.25) is 0 Å². The van der Waals surface area contributed by atoms with Crippen molar-refractivity contribution >= 4 is 17.4 Å². The molecule has 0 aliphatic carbocycles. The maximum Gasteiger partial charge on any atom is 0.148 e. The van der Waals surface area contributed by atoms with Gasteiger partial charge in [0.05, 0.1) is 10.9 Å². The van der Waals surface area contributed by atoms with Crippen LogP contribution in [0.5, 0.6) is 0 Å². The third-order valence-electron chi connectivity index (χ3n) is 1.51. The lowest BCUT2D eigenvalue weighted by molar-refractivity contribution is 0.564. The number of benzene rings is 1. The van der Waals surface area contributed by atoms with E-state index in [4.69, 9.17) is 22.7 Å². The van der Waals surface area contributed by atoms with Crippen molar-refractivity contribution in [2.45, 2.75) is 6.42 Å². The van der Waals surface area contributed by atoms with Crippen LogP contribution in [-0.4, -0.2) is 5.84 Å². The zero-order chi connectivity index (χ0) is 10.0. The number of nitrogens with two attached hydrogens (primary N) is 1. The molecule has 13 heavy (non-hydrogen) atoms. The number of nitrogens with one attached hydrogen (secondary N) is 1. The summed E-state index contributed by atoms with van der Waals surface area (Å²) in [5.41, 5.74) is 4.76. The van der Waals surface area contributed by atoms with Crippen molar-refractivity contribution in [2.75, 3.05) is 0 Å². The summed E-state index contributed by atoms with van der Waals surface area (Å²) in [6.45, 7) is 0. The molecule has 0 saturated heterocycles. The monoisotopic (exact) mass is 204 g/mol. The van der Waals surface area contributed by atoms with Gasteiger partial charge in [-0.3, -0.25) is 5.41 Å². The summed E-state index contributed by atoms with van der Waals surface area (Å²) in [6.07, 6.45) is -0.266. The molecular weight excluding hydrogens is 198 g/mol. The van der Waals surface area contributed by atoms with Crippen molar-refractivity contribution in [1.29, 1.82) is 5.41 Å². The Labute approximate surface area is 78.8 Å². The van der Waals surface area contributed by atoms with E-state index in [0.29, 0.717) is 0 Å². The number of hydrogen-bond donors (Lipinski definition) is 2. The largest absolute Gasteiger partial charge is 0.387 e. The minimum absolute atomic E-state index is 0.169. The molecule has 3 N–H and O–H groups in total. The molecule has 0 aliphatic heterocycles. The Kier molecular flexibility index (Phi) is 2.83. The second-order valence-electron chi connectivity index (χ2n) is 2.52. The Morgan fingerprint density at radius 3 is 2.62 bits per heavy atom. The lowest BCUT2D eigenvalue weighted by Gasteiger charge is -2.04. The first-order valence-electron chi connectivity index (χ1n) is 3.47. The van der Waals surface area contributed by atoms with Gasteiger partial charge in [-0.15, -0.1) is 0 Å². The molecule has 0 fully saturated rings. The van der Waals surface area contributed by atoms with Gasteiger partial charge in [-0.1, -0.05) is 11.6 Å². The maximum absolute atomic E-state index is 13.1. The van der Waals surface area contributed by atoms with Gasteiger partial charge in [0, 0.05) is 12.0 Å². The molecule has 0 amide bonds. The van der Waals surface area contributed by atoms with Crippen molar-refractivity contribution in [1.82, 2.24) is 0 Å². The van der Waals surface area contributed by atoms with Gasteiger partial charge < -0.3 is 5.73 Å². The Balaban J connectivity index is 3.17. The van der Waals surface area contributed by atoms with E-state index in [1.165, 1.54) is 0 Å². The molecule has 0 aliphatic rings. The van der Waals surface area contributed by atoms with E-state index < -0.39 is 11.6 Å². The molecule has 0 unspecified atom stereocenters. The second kappa shape index (κ2) is 3.70. The molecule has 2 nitrogen and oxygen atoms in total. The summed E-state index contributed by atoms with van der Waals surface area (Å²) in [4.78, 5) is 0. The number of hydrogen-bond acceptors (Lipinski definition) is 1. The first-order chi connectivity index (χ1) is 6.02. The van der Waals surface area contributed by atoms with Crippen molar-refractivity contribution in [3.63, 3.8) is 0 Å². The zero-order valence-electron chi connectivity index (χ0n) is 6.57. The van der Waals surface area contributed by atoms with Crippen LogP contribution in [0.15, 0.2) is 12.1 Å². The standard InChI is InChI=1S/C8H7ClF2N2/c9-5-1-2-6(10)4(8(5)11)3-7(12)13/h1-2H,3H2,(H3,12,13). The van der Waals surface area contributed by atoms with Crippen molar-refractivity contribution in [3.05, 3.63) is 34.4 Å². The van der Waals surface area contributed by atoms with Crippen LogP contribution in [0.3, 0.4) is 0 Å². The highest BCUT2D eigenvalue weighted by Gasteiger charge is 2.12. The third-order valence-corrected chi connectivity index (χ3v) is 1.80. The quantitative estimate of drug-likeness (QED) is 0.433. The second-order valence-corrected chi connectivity index (χ2v) is 2.93. The normalized spacial score (nSPS) is 10.1. The molecule has 0 saturated carbocycles. The fourth-order valence-electron chi connectivity index (χ4n) is 0.922. The molecule has 0 heterocycles. The third kappa shape index (κ3) is 2.15. The predicted molar refractivity (Wildman–Crippen MR) is 47.0 cm³/mol. The summed E-state index contributed by atoms with van der Waals surface area (Å²) in [5, 5.41) is 6.73. The molecule has 0 radical (unpaired) electrons. The Morgan fingerprint density at radius 1 is 1.46 bits per heavy atom. The van der Waals surface area contributed by atoms with Crippen LogP contribution in [0.25, 0.3) is 0 Å². The number of halogens is 3. The van der Waals surface area contributed by atoms with E-state index in [1.54, 1.807) is 0 Å². The molecule has 1 aromatic carbocycles. The van der Waals surface area contributed by atoms with Crippen molar-refractivity contribution in [3.8, 4) is 0 Å². The average Bonchev–Trinajstić information content (AvgIpc) is 2.05. The summed E-state index contributed by atoms with van der Waals surface area (Å²) in [5.74, 6) is -1.89. The van der Waals surface area contributed by atoms with E-state index in [1.807, 2.05) is 0 Å². The predicted octanol–water partition coefficient (Wildman–Crippen LogP) is 2.10. The maximum atomic E-state index is 13.1. The summed E-state index contributed by atoms with van der Waals surface area (Å²) in [7, 11) is 0. The van der Waals surface area contributed by atoms with Gasteiger partial charge in [-0.05, 0) is 12.1 Å². The molecule has 0 atom stereocenters. The smallest absolute Gasteiger partial charge is 0.148 e. The average molecular weight is 205 g/mol. The van der Waals surface area contributed by atoms with Crippen LogP contribution in [0, 0.1) is 17.0 Å². The van der Waals surface area contributed by atoms with E-state index in [2.05, 4.69) is 0 Å². The Hall–Kier alpha value is -1.16. The molecule has 70 valence electrons. The van der Waals surface area contributed by atoms with Gasteiger partial charge in [-0.2, -0.15) is 0 Å². The van der Waals surface area contributed by atoms with Gasteiger partial charge in [0.25, 0.3) is 0 Å². The highest BCUT2D eigenvalue weighted by molar-refractivity contribution is 6.30. The zero-order valence-corrected chi connectivity index (χ0v) is 7.33. The minimum Gasteiger partial charge on any atom is -0.387 e. The Bertz CT molecular complexity index is 352. The van der Waals surface area contributed by atoms with Gasteiger partial charge in [0.1, 0.15) is 11.6 Å². The van der Waals surface area contributed by atoms with Crippen LogP contribution in [0.2, 0.25) is 5.02 Å². The van der Waals surface area contributed by atoms with Gasteiger partial charge in [0.15, 0.2) is 0 Å². The fraction of sp³-hybridized carbons (Fsp3) is 0.125. The highest BCUT2D eigenvalue weighted by atomic mass is 35.5. The van der Waals surface area contributed by atoms with Crippen molar-refractivity contribution < 1.29 is 8.78 Å². The summed E-state index contributed by atoms with van der Waals surface area (Å²) in [6, 6.07) is 2.17. The van der Waals surface area contributed by atoms with E-state index >= 15 is 0 Å². The van der Waals surface area contributed by atoms with Crippen molar-refractivity contribution in [2.24, 2.45) is 5.73 Å². The molecule has 5 heteroatoms. The van der Waals surface area contributed by atoms with Crippen LogP contribution in [0.1, 0.15) is 5.56 Å². The first kappa shape index (κ1) is 9.92. The number of rotatable bonds is 2. The lowest BCUT2D eigenvalue weighted by atomic mass is 10.1. The fourth-order valence-corrected chi connectivity index (χ4v) is 1.10. The molecule has 0 aromatic heterocycles. The minimum atomic E-state index is -0.850. The van der Waals surface area contributed by atoms with E-state index in [9.17, 15) is 8.78 Å². The molecule has 1 rings (SSSR count). The molecule has 0 bridgehead atoms. The first-order valence-corrected chi connectivity index (χ1v) is 3.85. The molecular formula is C8H7ClF2N2. The van der Waals surface area contributed by atoms with E-state index in [0.717, 1.165) is 12.1 Å². The van der Waals surface area contributed by atoms with Crippen LogP contribution in [-0.2, 0) is 6.42 Å². The highest BCUT2D eigenvalue weighted by Crippen LogP contribution is 2.21. The van der Waals surface area contributed by atoms with Gasteiger partial charge in [-0.25, -0.2) is 8.78 Å². The SMILES string of the molecule is N=C(N)Cc1c(F)ccc(Cl)c1F. The summed E-state index contributed by atoms with van der Waals surface area (Å²) < 4.78 is 26.0. The molecule has 1 aromatic rings. The van der Waals surface area contributed by atoms with Crippen LogP contribution in [0.4, 0.5) is 8.78 Å². The molecule has 0 spiro atoms. The lowest BCUT2D eigenvalue weighted by Crippen LogP contribution is -2.15. The van der Waals surface area contributed by atoms with Crippen LogP contribution >= 0.6 is 11.6 Å². The van der Waals surface area contributed by atoms with E-state index in [-0.39, 0.29) is 22.8 Å². The number of amidine groups is 1. The summed E-state index contributed by atoms with van der Waals surface area (Å²) >= 11 is 5.42. The Morgan fingerprint density at radius 2 is 2.08 bits per heavy atom. The topological polar surface area (TPSA) is 49.9 Å². The van der Waals surface area contributed by atoms with Crippen LogP contribution < -0.4 is 5.73 Å². The van der Waals surface area contributed by atoms with Gasteiger partial charge >= 0.3 is 0 Å².